The number of benzene rings is 1. The molecular formula is C20H19F6N3O. The lowest BCUT2D eigenvalue weighted by molar-refractivity contribution is -0.142. The van der Waals surface area contributed by atoms with Crippen molar-refractivity contribution in [3.63, 3.8) is 0 Å². The van der Waals surface area contributed by atoms with E-state index in [0.29, 0.717) is 23.4 Å². The number of rotatable bonds is 3. The molecule has 0 N–H and O–H groups in total. The van der Waals surface area contributed by atoms with Crippen LogP contribution in [0.3, 0.4) is 0 Å². The average Bonchev–Trinajstić information content (AvgIpc) is 2.97. The molecule has 0 aliphatic heterocycles. The highest BCUT2D eigenvalue weighted by molar-refractivity contribution is 5.65. The summed E-state index contributed by atoms with van der Waals surface area (Å²) in [4.78, 5) is 13.1. The molecular weight excluding hydrogens is 412 g/mol. The van der Waals surface area contributed by atoms with Gasteiger partial charge in [-0.1, -0.05) is 13.8 Å². The first-order valence-corrected chi connectivity index (χ1v) is 9.19. The molecule has 0 atom stereocenters. The molecule has 162 valence electrons. The number of hydrogen-bond donors (Lipinski definition) is 0. The molecule has 0 spiro atoms. The molecule has 0 bridgehead atoms. The molecule has 0 aliphatic carbocycles. The third-order valence-electron chi connectivity index (χ3n) is 4.91. The smallest absolute Gasteiger partial charge is 0.290 e. The quantitative estimate of drug-likeness (QED) is 0.503. The molecule has 2 aromatic heterocycles. The van der Waals surface area contributed by atoms with E-state index in [0.717, 1.165) is 4.57 Å². The van der Waals surface area contributed by atoms with Gasteiger partial charge in [-0.3, -0.25) is 9.36 Å². The van der Waals surface area contributed by atoms with Gasteiger partial charge in [0.05, 0.1) is 11.1 Å². The molecule has 0 amide bonds. The van der Waals surface area contributed by atoms with Gasteiger partial charge in [-0.25, -0.2) is 4.52 Å². The highest BCUT2D eigenvalue weighted by Gasteiger charge is 2.39. The van der Waals surface area contributed by atoms with Crippen LogP contribution in [0.4, 0.5) is 26.3 Å². The molecule has 3 aromatic rings. The number of hydrogen-bond acceptors (Lipinski definition) is 2. The Balaban J connectivity index is 2.43. The van der Waals surface area contributed by atoms with Crippen LogP contribution in [0.2, 0.25) is 0 Å². The third-order valence-corrected chi connectivity index (χ3v) is 4.91. The normalized spacial score (nSPS) is 12.9. The summed E-state index contributed by atoms with van der Waals surface area (Å²) in [7, 11) is 0. The number of aryl methyl sites for hydroxylation is 1. The predicted octanol–water partition coefficient (Wildman–Crippen LogP) is 5.65. The number of halogens is 6. The van der Waals surface area contributed by atoms with E-state index in [2.05, 4.69) is 5.10 Å². The van der Waals surface area contributed by atoms with Crippen LogP contribution in [-0.2, 0) is 18.9 Å². The van der Waals surface area contributed by atoms with Crippen LogP contribution >= 0.6 is 0 Å². The first kappa shape index (κ1) is 21.9. The Morgan fingerprint density at radius 2 is 1.67 bits per heavy atom. The second-order valence-electron chi connectivity index (χ2n) is 7.29. The highest BCUT2D eigenvalue weighted by Crippen LogP contribution is 2.40. The summed E-state index contributed by atoms with van der Waals surface area (Å²) >= 11 is 0. The Labute approximate surface area is 167 Å². The minimum absolute atomic E-state index is 0.00223. The Morgan fingerprint density at radius 1 is 1.03 bits per heavy atom. The first-order valence-electron chi connectivity index (χ1n) is 9.19. The second kappa shape index (κ2) is 7.17. The highest BCUT2D eigenvalue weighted by atomic mass is 19.4. The maximum atomic E-state index is 13.7. The third kappa shape index (κ3) is 3.59. The zero-order chi connectivity index (χ0) is 22.6. The Morgan fingerprint density at radius 3 is 2.17 bits per heavy atom. The lowest BCUT2D eigenvalue weighted by Crippen LogP contribution is -2.27. The molecule has 30 heavy (non-hydrogen) atoms. The molecule has 4 nitrogen and oxygen atoms in total. The minimum atomic E-state index is -5.07. The van der Waals surface area contributed by atoms with Crippen molar-refractivity contribution < 1.29 is 26.3 Å². The summed E-state index contributed by atoms with van der Waals surface area (Å²) in [5.41, 5.74) is -2.58. The number of alkyl halides is 6. The molecule has 0 saturated carbocycles. The maximum Gasteiger partial charge on any atom is 0.417 e. The Hall–Kier alpha value is -2.78. The second-order valence-corrected chi connectivity index (χ2v) is 7.29. The van der Waals surface area contributed by atoms with Gasteiger partial charge >= 0.3 is 12.4 Å². The van der Waals surface area contributed by atoms with Gasteiger partial charge in [0.2, 0.25) is 0 Å². The van der Waals surface area contributed by atoms with E-state index in [9.17, 15) is 31.1 Å². The van der Waals surface area contributed by atoms with Crippen LogP contribution in [-0.4, -0.2) is 14.2 Å². The molecule has 0 fully saturated rings. The lowest BCUT2D eigenvalue weighted by Gasteiger charge is -2.18. The van der Waals surface area contributed by atoms with Crippen molar-refractivity contribution in [1.82, 2.24) is 14.2 Å². The largest absolute Gasteiger partial charge is 0.417 e. The van der Waals surface area contributed by atoms with E-state index in [-0.39, 0.29) is 29.9 Å². The zero-order valence-corrected chi connectivity index (χ0v) is 16.6. The fourth-order valence-electron chi connectivity index (χ4n) is 3.45. The van der Waals surface area contributed by atoms with Crippen molar-refractivity contribution in [2.45, 2.75) is 52.5 Å². The van der Waals surface area contributed by atoms with E-state index in [1.54, 1.807) is 19.9 Å². The van der Waals surface area contributed by atoms with Crippen molar-refractivity contribution >= 4 is 5.52 Å². The average molecular weight is 431 g/mol. The summed E-state index contributed by atoms with van der Waals surface area (Å²) in [6.45, 7) is 6.96. The van der Waals surface area contributed by atoms with Crippen molar-refractivity contribution in [2.75, 3.05) is 0 Å². The van der Waals surface area contributed by atoms with Crippen molar-refractivity contribution in [3.8, 4) is 11.4 Å². The van der Waals surface area contributed by atoms with Gasteiger partial charge in [0.1, 0.15) is 5.52 Å². The molecule has 2 heterocycles. The van der Waals surface area contributed by atoms with E-state index in [1.165, 1.54) is 4.52 Å². The van der Waals surface area contributed by atoms with Gasteiger partial charge in [-0.15, -0.1) is 5.10 Å². The van der Waals surface area contributed by atoms with Crippen LogP contribution in [0.25, 0.3) is 16.9 Å². The summed E-state index contributed by atoms with van der Waals surface area (Å²) in [6.07, 6.45) is -10.0. The van der Waals surface area contributed by atoms with Crippen LogP contribution in [0, 0.1) is 6.92 Å². The van der Waals surface area contributed by atoms with Crippen LogP contribution < -0.4 is 5.56 Å². The Bertz CT molecular complexity index is 1170. The number of aromatic nitrogens is 3. The monoisotopic (exact) mass is 431 g/mol. The zero-order valence-electron chi connectivity index (χ0n) is 16.6. The summed E-state index contributed by atoms with van der Waals surface area (Å²) in [5.74, 6) is -0.374. The van der Waals surface area contributed by atoms with Gasteiger partial charge in [-0.05, 0) is 49.6 Å². The summed E-state index contributed by atoms with van der Waals surface area (Å²) in [6, 6.07) is 3.06. The van der Waals surface area contributed by atoms with Crippen molar-refractivity contribution in [2.24, 2.45) is 0 Å². The SMILES string of the molecule is CCn1c(-c2ccc(C(F)(F)F)cc2C(F)(F)F)nn2c(C)cc(C(C)C)c2c1=O. The van der Waals surface area contributed by atoms with Gasteiger partial charge in [-0.2, -0.15) is 26.3 Å². The summed E-state index contributed by atoms with van der Waals surface area (Å²) < 4.78 is 82.3. The van der Waals surface area contributed by atoms with Gasteiger partial charge in [0, 0.05) is 17.8 Å². The maximum absolute atomic E-state index is 13.7. The van der Waals surface area contributed by atoms with E-state index in [4.69, 9.17) is 0 Å². The molecule has 1 aromatic carbocycles. The van der Waals surface area contributed by atoms with Crippen molar-refractivity contribution in [3.05, 3.63) is 57.0 Å². The van der Waals surface area contributed by atoms with Gasteiger partial charge in [0.15, 0.2) is 5.82 Å². The number of fused-ring (bicyclic) bond motifs is 1. The van der Waals surface area contributed by atoms with Gasteiger partial charge < -0.3 is 0 Å². The standard InChI is InChI=1S/C20H19F6N3O/c1-5-28-17(27-29-11(4)8-14(10(2)3)16(29)18(28)30)13-7-6-12(19(21,22)23)9-15(13)20(24,25)26/h6-10H,5H2,1-4H3. The molecule has 0 saturated heterocycles. The molecule has 0 radical (unpaired) electrons. The summed E-state index contributed by atoms with van der Waals surface area (Å²) in [5, 5.41) is 4.24. The fraction of sp³-hybridized carbons (Fsp3) is 0.400. The van der Waals surface area contributed by atoms with Crippen LogP contribution in [0.15, 0.2) is 29.1 Å². The molecule has 10 heteroatoms. The molecule has 3 rings (SSSR count). The minimum Gasteiger partial charge on any atom is -0.290 e. The molecule has 0 unspecified atom stereocenters. The fourth-order valence-corrected chi connectivity index (χ4v) is 3.45. The number of nitrogens with zero attached hydrogens (tertiary/aromatic N) is 3. The lowest BCUT2D eigenvalue weighted by atomic mass is 10.0. The van der Waals surface area contributed by atoms with E-state index < -0.39 is 34.6 Å². The van der Waals surface area contributed by atoms with E-state index in [1.807, 2.05) is 13.8 Å². The topological polar surface area (TPSA) is 39.3 Å². The Kier molecular flexibility index (Phi) is 5.24. The first-order chi connectivity index (χ1) is 13.8. The van der Waals surface area contributed by atoms with Crippen molar-refractivity contribution in [1.29, 1.82) is 0 Å². The van der Waals surface area contributed by atoms with Gasteiger partial charge in [0.25, 0.3) is 5.56 Å². The van der Waals surface area contributed by atoms with Crippen LogP contribution in [0.1, 0.15) is 49.1 Å². The molecule has 0 aliphatic rings. The van der Waals surface area contributed by atoms with E-state index >= 15 is 0 Å². The van der Waals surface area contributed by atoms with Crippen LogP contribution in [0.5, 0.6) is 0 Å². The predicted molar refractivity (Wildman–Crippen MR) is 99.4 cm³/mol.